The van der Waals surface area contributed by atoms with E-state index in [0.717, 1.165) is 22.2 Å². The van der Waals surface area contributed by atoms with Crippen molar-refractivity contribution in [2.45, 2.75) is 37.7 Å². The van der Waals surface area contributed by atoms with Crippen LogP contribution in [-0.2, 0) is 17.0 Å². The van der Waals surface area contributed by atoms with E-state index >= 15 is 0 Å². The monoisotopic (exact) mass is 442 g/mol. The Balaban J connectivity index is 1.29. The molecule has 1 N–H and O–H groups in total. The van der Waals surface area contributed by atoms with E-state index in [1.54, 1.807) is 12.1 Å². The smallest absolute Gasteiger partial charge is 0.257 e. The molecule has 30 heavy (non-hydrogen) atoms. The average molecular weight is 443 g/mol. The van der Waals surface area contributed by atoms with E-state index in [0.29, 0.717) is 39.8 Å². The quantitative estimate of drug-likeness (QED) is 0.386. The maximum Gasteiger partial charge on any atom is 0.257 e. The molecule has 0 aliphatic carbocycles. The lowest BCUT2D eigenvalue weighted by molar-refractivity contribution is -0.116. The Morgan fingerprint density at radius 1 is 1.17 bits per heavy atom. The molecule has 9 heteroatoms. The molecule has 2 aromatic carbocycles. The van der Waals surface area contributed by atoms with E-state index < -0.39 is 0 Å². The van der Waals surface area contributed by atoms with Gasteiger partial charge in [0, 0.05) is 23.6 Å². The summed E-state index contributed by atoms with van der Waals surface area (Å²) >= 11 is 7.38. The lowest BCUT2D eigenvalue weighted by atomic mass is 10.2. The Morgan fingerprint density at radius 2 is 2.03 bits per heavy atom. The summed E-state index contributed by atoms with van der Waals surface area (Å²) in [5, 5.41) is 7.94. The average Bonchev–Trinajstić information content (AvgIpc) is 3.33. The molecule has 2 heterocycles. The number of hydrogen-bond donors (Lipinski definition) is 1. The zero-order chi connectivity index (χ0) is 21.1. The number of amides is 1. The SMILES string of the molecule is Cc1ccc2oc(SCc3noc(CCC(=O)Nc4cc(Cl)ccc4C)n3)nc2c1. The first-order chi connectivity index (χ1) is 14.5. The molecule has 0 fully saturated rings. The second kappa shape index (κ2) is 8.89. The van der Waals surface area contributed by atoms with E-state index in [1.807, 2.05) is 38.1 Å². The number of hydrogen-bond acceptors (Lipinski definition) is 7. The summed E-state index contributed by atoms with van der Waals surface area (Å²) in [5.41, 5.74) is 4.35. The minimum absolute atomic E-state index is 0.142. The van der Waals surface area contributed by atoms with Crippen molar-refractivity contribution < 1.29 is 13.7 Å². The van der Waals surface area contributed by atoms with E-state index in [1.165, 1.54) is 11.8 Å². The number of rotatable bonds is 7. The molecular weight excluding hydrogens is 424 g/mol. The zero-order valence-corrected chi connectivity index (χ0v) is 18.0. The summed E-state index contributed by atoms with van der Waals surface area (Å²) in [4.78, 5) is 21.0. The van der Waals surface area contributed by atoms with Gasteiger partial charge >= 0.3 is 0 Å². The molecule has 0 atom stereocenters. The fraction of sp³-hybridized carbons (Fsp3) is 0.238. The van der Waals surface area contributed by atoms with Crippen LogP contribution in [0.15, 0.2) is 50.6 Å². The van der Waals surface area contributed by atoms with Gasteiger partial charge in [-0.2, -0.15) is 4.98 Å². The summed E-state index contributed by atoms with van der Waals surface area (Å²) in [6, 6.07) is 11.2. The number of nitrogens with zero attached hydrogens (tertiary/aromatic N) is 3. The number of benzene rings is 2. The highest BCUT2D eigenvalue weighted by Gasteiger charge is 2.13. The summed E-state index contributed by atoms with van der Waals surface area (Å²) in [6.07, 6.45) is 0.580. The van der Waals surface area contributed by atoms with Crippen molar-refractivity contribution in [3.63, 3.8) is 0 Å². The number of thioether (sulfide) groups is 1. The maximum absolute atomic E-state index is 12.2. The van der Waals surface area contributed by atoms with Crippen LogP contribution in [0.5, 0.6) is 0 Å². The van der Waals surface area contributed by atoms with E-state index in [2.05, 4.69) is 20.4 Å². The van der Waals surface area contributed by atoms with Crippen molar-refractivity contribution in [1.29, 1.82) is 0 Å². The number of carbonyl (C=O) groups excluding carboxylic acids is 1. The Hall–Kier alpha value is -2.84. The first-order valence-corrected chi connectivity index (χ1v) is 10.7. The van der Waals surface area contributed by atoms with Crippen molar-refractivity contribution >= 4 is 46.1 Å². The van der Waals surface area contributed by atoms with Gasteiger partial charge in [-0.3, -0.25) is 4.79 Å². The van der Waals surface area contributed by atoms with Crippen LogP contribution in [-0.4, -0.2) is 21.0 Å². The molecule has 0 radical (unpaired) electrons. The van der Waals surface area contributed by atoms with Gasteiger partial charge in [0.05, 0.1) is 5.75 Å². The highest BCUT2D eigenvalue weighted by atomic mass is 35.5. The van der Waals surface area contributed by atoms with Crippen molar-refractivity contribution in [2.24, 2.45) is 0 Å². The molecule has 1 amide bonds. The molecule has 0 saturated heterocycles. The van der Waals surface area contributed by atoms with Crippen LogP contribution in [0.25, 0.3) is 11.1 Å². The Bertz CT molecular complexity index is 1200. The van der Waals surface area contributed by atoms with Crippen LogP contribution >= 0.6 is 23.4 Å². The predicted molar refractivity (Wildman–Crippen MR) is 116 cm³/mol. The number of aromatic nitrogens is 3. The Kier molecular flexibility index (Phi) is 6.06. The van der Waals surface area contributed by atoms with Crippen LogP contribution in [0.1, 0.15) is 29.3 Å². The van der Waals surface area contributed by atoms with Crippen LogP contribution in [0.3, 0.4) is 0 Å². The van der Waals surface area contributed by atoms with Crippen LogP contribution < -0.4 is 5.32 Å². The fourth-order valence-electron chi connectivity index (χ4n) is 2.82. The van der Waals surface area contributed by atoms with Crippen molar-refractivity contribution in [3.8, 4) is 0 Å². The van der Waals surface area contributed by atoms with Crippen molar-refractivity contribution in [3.05, 3.63) is 64.3 Å². The summed E-state index contributed by atoms with van der Waals surface area (Å²) in [5.74, 6) is 1.26. The lowest BCUT2D eigenvalue weighted by Gasteiger charge is -2.08. The highest BCUT2D eigenvalue weighted by Crippen LogP contribution is 2.26. The van der Waals surface area contributed by atoms with Gasteiger partial charge in [0.25, 0.3) is 5.22 Å². The third-order valence-corrected chi connectivity index (χ3v) is 5.46. The number of halogens is 1. The number of aryl methyl sites for hydroxylation is 3. The predicted octanol–water partition coefficient (Wildman–Crippen LogP) is 5.34. The van der Waals surface area contributed by atoms with Gasteiger partial charge in [0.1, 0.15) is 5.52 Å². The van der Waals surface area contributed by atoms with Gasteiger partial charge in [0.2, 0.25) is 11.8 Å². The standard InChI is InChI=1S/C21H19ClN4O3S/c1-12-3-6-17-16(9-12)24-21(28-17)30-11-18-25-20(29-26-18)8-7-19(27)23-15-10-14(22)5-4-13(15)2/h3-6,9-10H,7-8,11H2,1-2H3,(H,23,27). The van der Waals surface area contributed by atoms with Gasteiger partial charge in [-0.1, -0.05) is 40.7 Å². The lowest BCUT2D eigenvalue weighted by Crippen LogP contribution is -2.13. The third-order valence-electron chi connectivity index (χ3n) is 4.40. The van der Waals surface area contributed by atoms with Gasteiger partial charge in [-0.15, -0.1) is 0 Å². The molecule has 0 unspecified atom stereocenters. The van der Waals surface area contributed by atoms with E-state index in [-0.39, 0.29) is 12.3 Å². The Labute approximate surface area is 182 Å². The van der Waals surface area contributed by atoms with E-state index in [9.17, 15) is 4.79 Å². The molecular formula is C21H19ClN4O3S. The summed E-state index contributed by atoms with van der Waals surface area (Å²) in [7, 11) is 0. The van der Waals surface area contributed by atoms with Crippen LogP contribution in [0.4, 0.5) is 5.69 Å². The molecule has 4 aromatic rings. The number of carbonyl (C=O) groups is 1. The van der Waals surface area contributed by atoms with Gasteiger partial charge in [0.15, 0.2) is 11.4 Å². The normalized spacial score (nSPS) is 11.2. The van der Waals surface area contributed by atoms with Gasteiger partial charge in [-0.25, -0.2) is 4.98 Å². The molecule has 0 aliphatic rings. The molecule has 154 valence electrons. The first-order valence-electron chi connectivity index (χ1n) is 9.34. The zero-order valence-electron chi connectivity index (χ0n) is 16.4. The van der Waals surface area contributed by atoms with Crippen molar-refractivity contribution in [2.75, 3.05) is 5.32 Å². The largest absolute Gasteiger partial charge is 0.431 e. The molecule has 7 nitrogen and oxygen atoms in total. The first kappa shape index (κ1) is 20.4. The fourth-order valence-corrected chi connectivity index (χ4v) is 3.67. The van der Waals surface area contributed by atoms with Crippen molar-refractivity contribution in [1.82, 2.24) is 15.1 Å². The highest BCUT2D eigenvalue weighted by molar-refractivity contribution is 7.98. The minimum atomic E-state index is -0.142. The Morgan fingerprint density at radius 3 is 2.90 bits per heavy atom. The van der Waals surface area contributed by atoms with Gasteiger partial charge < -0.3 is 14.3 Å². The van der Waals surface area contributed by atoms with E-state index in [4.69, 9.17) is 20.5 Å². The van der Waals surface area contributed by atoms with Crippen LogP contribution in [0, 0.1) is 13.8 Å². The molecule has 0 bridgehead atoms. The molecule has 0 spiro atoms. The summed E-state index contributed by atoms with van der Waals surface area (Å²) < 4.78 is 11.0. The van der Waals surface area contributed by atoms with Crippen LogP contribution in [0.2, 0.25) is 5.02 Å². The maximum atomic E-state index is 12.2. The molecule has 4 rings (SSSR count). The molecule has 0 saturated carbocycles. The molecule has 2 aromatic heterocycles. The number of nitrogens with one attached hydrogen (secondary N) is 1. The van der Waals surface area contributed by atoms with Gasteiger partial charge in [-0.05, 0) is 49.2 Å². The minimum Gasteiger partial charge on any atom is -0.431 e. The second-order valence-electron chi connectivity index (χ2n) is 6.85. The number of oxazole rings is 1. The second-order valence-corrected chi connectivity index (χ2v) is 8.21. The topological polar surface area (TPSA) is 94.0 Å². The number of anilines is 1. The molecule has 0 aliphatic heterocycles. The summed E-state index contributed by atoms with van der Waals surface area (Å²) in [6.45, 7) is 3.92. The third kappa shape index (κ3) is 5.01. The number of fused-ring (bicyclic) bond motifs is 1.